The first-order valence-electron chi connectivity index (χ1n) is 6.26. The van der Waals surface area contributed by atoms with Crippen molar-refractivity contribution >= 4 is 0 Å². The topological polar surface area (TPSA) is 68.2 Å². The predicted molar refractivity (Wildman–Crippen MR) is 67.1 cm³/mol. The third-order valence-corrected chi connectivity index (χ3v) is 2.14. The van der Waals surface area contributed by atoms with Gasteiger partial charge in [-0.25, -0.2) is 4.89 Å². The molecule has 0 aliphatic rings. The van der Waals surface area contributed by atoms with Gasteiger partial charge in [0.15, 0.2) is 0 Å². The standard InChI is InChI=1S/C10H22O4.C2H6O/c1-5-9(12-6-2)10(13-7-3)8(4)14-11;1-2-3/h8-11H,5-7H2,1-4H3;3H,2H2,1H3/t8-,9-,10-;/m0./s1. The molecule has 0 saturated carbocycles. The Bertz CT molecular complexity index is 143. The number of aliphatic hydroxyl groups is 1. The molecular weight excluding hydrogens is 224 g/mol. The van der Waals surface area contributed by atoms with Gasteiger partial charge in [-0.05, 0) is 34.1 Å². The Labute approximate surface area is 105 Å². The van der Waals surface area contributed by atoms with Crippen molar-refractivity contribution < 1.29 is 24.7 Å². The van der Waals surface area contributed by atoms with Gasteiger partial charge in [-0.1, -0.05) is 6.92 Å². The van der Waals surface area contributed by atoms with Crippen LogP contribution in [0.15, 0.2) is 0 Å². The lowest BCUT2D eigenvalue weighted by atomic mass is 10.1. The molecule has 0 aromatic heterocycles. The summed E-state index contributed by atoms with van der Waals surface area (Å²) in [6, 6.07) is 0. The lowest BCUT2D eigenvalue weighted by Crippen LogP contribution is -2.40. The minimum absolute atomic E-state index is 0.0258. The summed E-state index contributed by atoms with van der Waals surface area (Å²) in [5.74, 6) is 0. The molecule has 0 radical (unpaired) electrons. The molecule has 5 heteroatoms. The molecular formula is C12H28O5. The summed E-state index contributed by atoms with van der Waals surface area (Å²) >= 11 is 0. The van der Waals surface area contributed by atoms with E-state index in [-0.39, 0.29) is 24.9 Å². The molecule has 0 bridgehead atoms. The Morgan fingerprint density at radius 1 is 1.00 bits per heavy atom. The third kappa shape index (κ3) is 9.50. The molecule has 0 spiro atoms. The van der Waals surface area contributed by atoms with E-state index in [1.54, 1.807) is 13.8 Å². The van der Waals surface area contributed by atoms with Crippen LogP contribution in [0.1, 0.15) is 41.0 Å². The minimum atomic E-state index is -0.369. The van der Waals surface area contributed by atoms with Crippen molar-refractivity contribution in [3.05, 3.63) is 0 Å². The van der Waals surface area contributed by atoms with E-state index in [9.17, 15) is 0 Å². The fourth-order valence-corrected chi connectivity index (χ4v) is 1.46. The van der Waals surface area contributed by atoms with E-state index in [0.717, 1.165) is 6.42 Å². The van der Waals surface area contributed by atoms with Gasteiger partial charge in [-0.2, -0.15) is 0 Å². The first-order chi connectivity index (χ1) is 8.12. The van der Waals surface area contributed by atoms with Gasteiger partial charge in [-0.3, -0.25) is 5.26 Å². The number of hydrogen-bond donors (Lipinski definition) is 2. The van der Waals surface area contributed by atoms with Crippen molar-refractivity contribution in [3.8, 4) is 0 Å². The molecule has 0 saturated heterocycles. The fraction of sp³-hybridized carbons (Fsp3) is 1.00. The molecule has 106 valence electrons. The SMILES string of the molecule is CCO.CCO[C@@H]([C@H](C)OO)[C@H](CC)OCC. The van der Waals surface area contributed by atoms with Crippen molar-refractivity contribution in [1.29, 1.82) is 0 Å². The van der Waals surface area contributed by atoms with Gasteiger partial charge in [0, 0.05) is 19.8 Å². The second-order valence-electron chi connectivity index (χ2n) is 3.45. The highest BCUT2D eigenvalue weighted by Crippen LogP contribution is 2.14. The highest BCUT2D eigenvalue weighted by Gasteiger charge is 2.27. The zero-order valence-electron chi connectivity index (χ0n) is 11.7. The zero-order valence-corrected chi connectivity index (χ0v) is 11.7. The molecule has 0 heterocycles. The largest absolute Gasteiger partial charge is 0.397 e. The Kier molecular flexibility index (Phi) is 15.6. The van der Waals surface area contributed by atoms with Gasteiger partial charge in [0.25, 0.3) is 0 Å². The maximum Gasteiger partial charge on any atom is 0.119 e. The molecule has 0 aromatic carbocycles. The van der Waals surface area contributed by atoms with E-state index in [1.165, 1.54) is 0 Å². The summed E-state index contributed by atoms with van der Waals surface area (Å²) in [7, 11) is 0. The summed E-state index contributed by atoms with van der Waals surface area (Å²) in [6.07, 6.45) is 0.232. The molecule has 17 heavy (non-hydrogen) atoms. The van der Waals surface area contributed by atoms with Crippen LogP contribution in [0.4, 0.5) is 0 Å². The number of aliphatic hydroxyl groups excluding tert-OH is 1. The van der Waals surface area contributed by atoms with Crippen molar-refractivity contribution in [3.63, 3.8) is 0 Å². The van der Waals surface area contributed by atoms with Gasteiger partial charge >= 0.3 is 0 Å². The summed E-state index contributed by atoms with van der Waals surface area (Å²) < 4.78 is 11.0. The predicted octanol–water partition coefficient (Wildman–Crippen LogP) is 2.08. The van der Waals surface area contributed by atoms with Crippen LogP contribution >= 0.6 is 0 Å². The second kappa shape index (κ2) is 13.9. The Morgan fingerprint density at radius 3 is 1.76 bits per heavy atom. The first kappa shape index (κ1) is 19.1. The monoisotopic (exact) mass is 252 g/mol. The molecule has 5 nitrogen and oxygen atoms in total. The molecule has 0 aromatic rings. The summed E-state index contributed by atoms with van der Waals surface area (Å²) in [5, 5.41) is 16.2. The van der Waals surface area contributed by atoms with Gasteiger partial charge in [-0.15, -0.1) is 0 Å². The Morgan fingerprint density at radius 2 is 1.47 bits per heavy atom. The van der Waals surface area contributed by atoms with Gasteiger partial charge in [0.05, 0.1) is 6.10 Å². The van der Waals surface area contributed by atoms with Crippen molar-refractivity contribution in [2.45, 2.75) is 59.4 Å². The maximum atomic E-state index is 8.61. The molecule has 0 amide bonds. The van der Waals surface area contributed by atoms with Crippen LogP contribution < -0.4 is 0 Å². The van der Waals surface area contributed by atoms with E-state index < -0.39 is 0 Å². The van der Waals surface area contributed by atoms with E-state index >= 15 is 0 Å². The number of rotatable bonds is 8. The van der Waals surface area contributed by atoms with Crippen LogP contribution in [0.25, 0.3) is 0 Å². The molecule has 0 rings (SSSR count). The van der Waals surface area contributed by atoms with Crippen LogP contribution in [0, 0.1) is 0 Å². The third-order valence-electron chi connectivity index (χ3n) is 2.14. The van der Waals surface area contributed by atoms with E-state index in [4.69, 9.17) is 19.8 Å². The van der Waals surface area contributed by atoms with E-state index in [1.807, 2.05) is 20.8 Å². The zero-order chi connectivity index (χ0) is 13.7. The summed E-state index contributed by atoms with van der Waals surface area (Å²) in [6.45, 7) is 10.8. The summed E-state index contributed by atoms with van der Waals surface area (Å²) in [5.41, 5.74) is 0. The molecule has 2 N–H and O–H groups in total. The van der Waals surface area contributed by atoms with Gasteiger partial charge in [0.1, 0.15) is 12.2 Å². The first-order valence-corrected chi connectivity index (χ1v) is 6.26. The normalized spacial score (nSPS) is 15.7. The number of ether oxygens (including phenoxy) is 2. The van der Waals surface area contributed by atoms with Crippen LogP contribution in [0.5, 0.6) is 0 Å². The van der Waals surface area contributed by atoms with Crippen LogP contribution in [0.3, 0.4) is 0 Å². The maximum absolute atomic E-state index is 8.61. The molecule has 3 atom stereocenters. The minimum Gasteiger partial charge on any atom is -0.397 e. The second-order valence-corrected chi connectivity index (χ2v) is 3.45. The average Bonchev–Trinajstić information content (AvgIpc) is 2.33. The number of hydrogen-bond acceptors (Lipinski definition) is 5. The van der Waals surface area contributed by atoms with Crippen LogP contribution in [-0.4, -0.2) is 48.5 Å². The van der Waals surface area contributed by atoms with Gasteiger partial charge in [0.2, 0.25) is 0 Å². The average molecular weight is 252 g/mol. The quantitative estimate of drug-likeness (QED) is 0.511. The lowest BCUT2D eigenvalue weighted by Gasteiger charge is -2.28. The van der Waals surface area contributed by atoms with E-state index in [0.29, 0.717) is 13.2 Å². The highest BCUT2D eigenvalue weighted by molar-refractivity contribution is 4.75. The fourth-order valence-electron chi connectivity index (χ4n) is 1.46. The smallest absolute Gasteiger partial charge is 0.119 e. The van der Waals surface area contributed by atoms with Crippen molar-refractivity contribution in [1.82, 2.24) is 0 Å². The van der Waals surface area contributed by atoms with Crippen LogP contribution in [-0.2, 0) is 14.4 Å². The molecule has 0 aliphatic heterocycles. The van der Waals surface area contributed by atoms with Gasteiger partial charge < -0.3 is 14.6 Å². The summed E-state index contributed by atoms with van der Waals surface area (Å²) in [4.78, 5) is 4.29. The van der Waals surface area contributed by atoms with Crippen molar-refractivity contribution in [2.75, 3.05) is 19.8 Å². The highest BCUT2D eigenvalue weighted by atomic mass is 17.1. The Hall–Kier alpha value is -0.200. The lowest BCUT2D eigenvalue weighted by molar-refractivity contribution is -0.304. The Balaban J connectivity index is 0. The molecule has 0 fully saturated rings. The van der Waals surface area contributed by atoms with Crippen LogP contribution in [0.2, 0.25) is 0 Å². The molecule has 0 aliphatic carbocycles. The van der Waals surface area contributed by atoms with Crippen molar-refractivity contribution in [2.24, 2.45) is 0 Å². The molecule has 0 unspecified atom stereocenters. The van der Waals surface area contributed by atoms with E-state index in [2.05, 4.69) is 4.89 Å².